The molecule has 1 aromatic heterocycles. The van der Waals surface area contributed by atoms with Gasteiger partial charge in [-0.2, -0.15) is 4.31 Å². The van der Waals surface area contributed by atoms with Crippen LogP contribution in [0.25, 0.3) is 11.3 Å². The van der Waals surface area contributed by atoms with Crippen LogP contribution in [-0.2, 0) is 10.0 Å². The topological polar surface area (TPSA) is 72.0 Å². The lowest BCUT2D eigenvalue weighted by Crippen LogP contribution is -2.48. The summed E-state index contributed by atoms with van der Waals surface area (Å²) < 4.78 is 38.1. The van der Waals surface area contributed by atoms with Crippen molar-refractivity contribution in [3.63, 3.8) is 0 Å². The molecule has 0 N–H and O–H groups in total. The van der Waals surface area contributed by atoms with Gasteiger partial charge in [0.2, 0.25) is 10.0 Å². The van der Waals surface area contributed by atoms with Crippen LogP contribution in [0.4, 0.5) is 5.13 Å². The molecule has 0 saturated carbocycles. The summed E-state index contributed by atoms with van der Waals surface area (Å²) in [5, 5.41) is 3.07. The monoisotopic (exact) mass is 479 g/mol. The van der Waals surface area contributed by atoms with E-state index < -0.39 is 10.0 Å². The van der Waals surface area contributed by atoms with Crippen molar-refractivity contribution in [3.05, 3.63) is 52.9 Å². The van der Waals surface area contributed by atoms with Crippen LogP contribution in [0.15, 0.2) is 52.7 Å². The summed E-state index contributed by atoms with van der Waals surface area (Å²) in [6, 6.07) is 12.2. The molecular weight excluding hydrogens is 458 g/mol. The van der Waals surface area contributed by atoms with Gasteiger partial charge < -0.3 is 14.4 Å². The third kappa shape index (κ3) is 4.50. The van der Waals surface area contributed by atoms with Crippen LogP contribution in [0.1, 0.15) is 0 Å². The maximum absolute atomic E-state index is 12.9. The van der Waals surface area contributed by atoms with Crippen LogP contribution in [0.3, 0.4) is 0 Å². The van der Waals surface area contributed by atoms with Gasteiger partial charge in [-0.1, -0.05) is 23.7 Å². The summed E-state index contributed by atoms with van der Waals surface area (Å²) in [5.74, 6) is 1.39. The molecule has 1 saturated heterocycles. The molecule has 2 heterocycles. The number of rotatable bonds is 6. The van der Waals surface area contributed by atoms with Crippen LogP contribution in [0, 0.1) is 0 Å². The minimum absolute atomic E-state index is 0.147. The Morgan fingerprint density at radius 2 is 1.65 bits per heavy atom. The molecule has 1 aliphatic heterocycles. The molecule has 10 heteroatoms. The van der Waals surface area contributed by atoms with Crippen molar-refractivity contribution in [2.24, 2.45) is 0 Å². The molecular formula is C21H22ClN3O4S2. The number of nitrogens with zero attached hydrogens (tertiary/aromatic N) is 3. The molecule has 4 rings (SSSR count). The number of sulfonamides is 1. The Labute approximate surface area is 190 Å². The van der Waals surface area contributed by atoms with E-state index in [1.807, 2.05) is 23.6 Å². The maximum atomic E-state index is 12.9. The zero-order valence-corrected chi connectivity index (χ0v) is 19.5. The Kier molecular flexibility index (Phi) is 6.38. The molecule has 7 nitrogen and oxygen atoms in total. The highest BCUT2D eigenvalue weighted by Gasteiger charge is 2.30. The number of halogens is 1. The van der Waals surface area contributed by atoms with Crippen LogP contribution in [0.2, 0.25) is 5.02 Å². The largest absolute Gasteiger partial charge is 0.497 e. The van der Waals surface area contributed by atoms with Crippen molar-refractivity contribution in [3.8, 4) is 22.8 Å². The van der Waals surface area contributed by atoms with E-state index in [0.29, 0.717) is 37.7 Å². The Morgan fingerprint density at radius 1 is 1.00 bits per heavy atom. The predicted octanol–water partition coefficient (Wildman–Crippen LogP) is 3.99. The molecule has 1 aliphatic rings. The van der Waals surface area contributed by atoms with E-state index >= 15 is 0 Å². The van der Waals surface area contributed by atoms with E-state index in [-0.39, 0.29) is 9.92 Å². The van der Waals surface area contributed by atoms with Crippen molar-refractivity contribution in [1.29, 1.82) is 0 Å². The van der Waals surface area contributed by atoms with Crippen LogP contribution in [-0.4, -0.2) is 58.1 Å². The molecule has 0 aliphatic carbocycles. The minimum atomic E-state index is -3.62. The van der Waals surface area contributed by atoms with Crippen molar-refractivity contribution in [2.75, 3.05) is 45.3 Å². The normalized spacial score (nSPS) is 15.1. The van der Waals surface area contributed by atoms with Gasteiger partial charge in [0.1, 0.15) is 16.4 Å². The Morgan fingerprint density at radius 3 is 2.26 bits per heavy atom. The quantitative estimate of drug-likeness (QED) is 0.532. The number of hydrogen-bond donors (Lipinski definition) is 0. The number of aromatic nitrogens is 1. The first-order valence-corrected chi connectivity index (χ1v) is 12.3. The zero-order chi connectivity index (χ0) is 22.0. The van der Waals surface area contributed by atoms with E-state index in [9.17, 15) is 8.42 Å². The molecule has 0 amide bonds. The van der Waals surface area contributed by atoms with E-state index in [0.717, 1.165) is 16.4 Å². The SMILES string of the molecule is COc1cc(OC)cc(-c2csc(N3CCN(S(=O)(=O)c4ccccc4Cl)CC3)n2)c1. The smallest absolute Gasteiger partial charge is 0.244 e. The van der Waals surface area contributed by atoms with Crippen molar-refractivity contribution < 1.29 is 17.9 Å². The minimum Gasteiger partial charge on any atom is -0.497 e. The van der Waals surface area contributed by atoms with Gasteiger partial charge >= 0.3 is 0 Å². The number of piperazine rings is 1. The van der Waals surface area contributed by atoms with E-state index in [1.165, 1.54) is 15.6 Å². The summed E-state index contributed by atoms with van der Waals surface area (Å²) in [5.41, 5.74) is 1.72. The molecule has 0 atom stereocenters. The lowest BCUT2D eigenvalue weighted by Gasteiger charge is -2.33. The van der Waals surface area contributed by atoms with Gasteiger partial charge in [-0.05, 0) is 24.3 Å². The maximum Gasteiger partial charge on any atom is 0.244 e. The average Bonchev–Trinajstić information content (AvgIpc) is 3.29. The highest BCUT2D eigenvalue weighted by molar-refractivity contribution is 7.89. The second-order valence-corrected chi connectivity index (χ2v) is 10.1. The van der Waals surface area contributed by atoms with E-state index in [2.05, 4.69) is 4.90 Å². The Hall–Kier alpha value is -2.33. The number of anilines is 1. The van der Waals surface area contributed by atoms with E-state index in [1.54, 1.807) is 38.5 Å². The summed E-state index contributed by atoms with van der Waals surface area (Å²) in [6.07, 6.45) is 0. The number of hydrogen-bond acceptors (Lipinski definition) is 7. The third-order valence-corrected chi connectivity index (χ3v) is 8.40. The molecule has 31 heavy (non-hydrogen) atoms. The second-order valence-electron chi connectivity index (χ2n) is 6.94. The van der Waals surface area contributed by atoms with Gasteiger partial charge in [0.15, 0.2) is 5.13 Å². The van der Waals surface area contributed by atoms with E-state index in [4.69, 9.17) is 26.1 Å². The standard InChI is InChI=1S/C21H22ClN3O4S2/c1-28-16-11-15(12-17(13-16)29-2)19-14-30-21(23-19)24-7-9-25(10-8-24)31(26,27)20-6-4-3-5-18(20)22/h3-6,11-14H,7-10H2,1-2H3. The fraction of sp³-hybridized carbons (Fsp3) is 0.286. The molecule has 3 aromatic rings. The van der Waals surface area contributed by atoms with Crippen LogP contribution < -0.4 is 14.4 Å². The second kappa shape index (κ2) is 9.04. The van der Waals surface area contributed by atoms with Crippen molar-refractivity contribution in [1.82, 2.24) is 9.29 Å². The molecule has 164 valence electrons. The number of methoxy groups -OCH3 is 2. The van der Waals surface area contributed by atoms with Crippen molar-refractivity contribution >= 4 is 38.1 Å². The summed E-state index contributed by atoms with van der Waals surface area (Å²) in [7, 11) is -0.397. The molecule has 0 radical (unpaired) electrons. The van der Waals surface area contributed by atoms with Gasteiger partial charge in [0.25, 0.3) is 0 Å². The summed E-state index contributed by atoms with van der Waals surface area (Å²) in [6.45, 7) is 1.85. The summed E-state index contributed by atoms with van der Waals surface area (Å²) >= 11 is 7.64. The molecule has 2 aromatic carbocycles. The zero-order valence-electron chi connectivity index (χ0n) is 17.1. The third-order valence-electron chi connectivity index (χ3n) is 5.10. The fourth-order valence-electron chi connectivity index (χ4n) is 3.41. The fourth-order valence-corrected chi connectivity index (χ4v) is 6.21. The molecule has 0 unspecified atom stereocenters. The first kappa shape index (κ1) is 21.9. The molecule has 1 fully saturated rings. The van der Waals surface area contributed by atoms with Gasteiger partial charge in [-0.25, -0.2) is 13.4 Å². The van der Waals surface area contributed by atoms with Crippen molar-refractivity contribution in [2.45, 2.75) is 4.90 Å². The summed E-state index contributed by atoms with van der Waals surface area (Å²) in [4.78, 5) is 7.01. The van der Waals surface area contributed by atoms with Crippen LogP contribution in [0.5, 0.6) is 11.5 Å². The highest BCUT2D eigenvalue weighted by Crippen LogP contribution is 2.33. The Balaban J connectivity index is 1.48. The lowest BCUT2D eigenvalue weighted by atomic mass is 10.1. The van der Waals surface area contributed by atoms with Gasteiger partial charge in [-0.3, -0.25) is 0 Å². The van der Waals surface area contributed by atoms with Gasteiger partial charge in [-0.15, -0.1) is 11.3 Å². The highest BCUT2D eigenvalue weighted by atomic mass is 35.5. The molecule has 0 spiro atoms. The average molecular weight is 480 g/mol. The molecule has 0 bridgehead atoms. The van der Waals surface area contributed by atoms with Crippen LogP contribution >= 0.6 is 22.9 Å². The number of benzene rings is 2. The first-order chi connectivity index (χ1) is 14.9. The number of thiazole rings is 1. The van der Waals surface area contributed by atoms with Gasteiger partial charge in [0, 0.05) is 43.2 Å². The van der Waals surface area contributed by atoms with Gasteiger partial charge in [0.05, 0.1) is 24.9 Å². The lowest BCUT2D eigenvalue weighted by molar-refractivity contribution is 0.385. The number of ether oxygens (including phenoxy) is 2. The first-order valence-electron chi connectivity index (χ1n) is 9.61. The Bertz CT molecular complexity index is 1150. The predicted molar refractivity (Wildman–Crippen MR) is 123 cm³/mol.